The normalized spacial score (nSPS) is 9.98. The Hall–Kier alpha value is -6.46. The lowest BCUT2D eigenvalue weighted by molar-refractivity contribution is 0.0526. The Morgan fingerprint density at radius 2 is 1.10 bits per heavy atom. The van der Waals surface area contributed by atoms with Crippen molar-refractivity contribution in [1.82, 2.24) is 29.9 Å². The average Bonchev–Trinajstić information content (AvgIpc) is 3.07. The first-order chi connectivity index (χ1) is 23.2. The number of urea groups is 2. The standard InChI is InChI=1S/C16H20N6O3.C14H16N6O3/c1-3-7-18-13-12(14(23)25-4-2)10-19-15(21-13)22-16(24)20-11-5-8-17-9-6-11;1-2-5-16-11-10(12(21)22)8-17-13(19-11)20-14(23)18-9-3-6-15-7-4-9/h5-6,8-10H,3-4,7H2,1-2H3,(H3,17,18,19,20,21,22,24);3-4,6-8H,2,5H2,1H3,(H,21,22)(H3,15,16,17,18,19,20,23). The van der Waals surface area contributed by atoms with Crippen LogP contribution in [0.25, 0.3) is 0 Å². The zero-order valence-corrected chi connectivity index (χ0v) is 26.5. The van der Waals surface area contributed by atoms with E-state index in [2.05, 4.69) is 61.8 Å². The first-order valence-electron chi connectivity index (χ1n) is 14.8. The number of nitrogens with one attached hydrogen (secondary N) is 6. The van der Waals surface area contributed by atoms with E-state index in [9.17, 15) is 19.2 Å². The molecule has 0 atom stereocenters. The molecule has 252 valence electrons. The van der Waals surface area contributed by atoms with Crippen molar-refractivity contribution in [2.75, 3.05) is 51.6 Å². The highest BCUT2D eigenvalue weighted by molar-refractivity contribution is 6.00. The van der Waals surface area contributed by atoms with E-state index in [1.807, 2.05) is 13.8 Å². The first-order valence-corrected chi connectivity index (χ1v) is 14.8. The zero-order chi connectivity index (χ0) is 34.7. The summed E-state index contributed by atoms with van der Waals surface area (Å²) in [5.41, 5.74) is 1.30. The molecule has 4 aromatic heterocycles. The first kappa shape index (κ1) is 36.0. The number of aromatic nitrogens is 6. The van der Waals surface area contributed by atoms with Crippen molar-refractivity contribution < 1.29 is 29.0 Å². The Kier molecular flexibility index (Phi) is 14.4. The van der Waals surface area contributed by atoms with Crippen LogP contribution in [0.1, 0.15) is 54.3 Å². The largest absolute Gasteiger partial charge is 0.477 e. The van der Waals surface area contributed by atoms with Gasteiger partial charge in [0.15, 0.2) is 0 Å². The molecule has 0 unspecified atom stereocenters. The number of nitrogens with zero attached hydrogens (tertiary/aromatic N) is 6. The summed E-state index contributed by atoms with van der Waals surface area (Å²) in [5, 5.41) is 25.2. The Morgan fingerprint density at radius 3 is 1.52 bits per heavy atom. The fourth-order valence-electron chi connectivity index (χ4n) is 3.55. The van der Waals surface area contributed by atoms with Crippen molar-refractivity contribution in [2.24, 2.45) is 0 Å². The summed E-state index contributed by atoms with van der Waals surface area (Å²) in [7, 11) is 0. The summed E-state index contributed by atoms with van der Waals surface area (Å²) in [4.78, 5) is 70.7. The number of carboxylic acids is 1. The summed E-state index contributed by atoms with van der Waals surface area (Å²) in [6, 6.07) is 5.51. The smallest absolute Gasteiger partial charge is 0.343 e. The number of carbonyl (C=O) groups is 4. The molecule has 0 aliphatic rings. The lowest BCUT2D eigenvalue weighted by Gasteiger charge is -2.11. The van der Waals surface area contributed by atoms with E-state index >= 15 is 0 Å². The second-order valence-electron chi connectivity index (χ2n) is 9.42. The van der Waals surface area contributed by atoms with Gasteiger partial charge in [-0.3, -0.25) is 20.6 Å². The SMILES string of the molecule is CCCNc1nc(NC(=O)Nc2ccncc2)ncc1C(=O)O.CCCNc1nc(NC(=O)Nc2ccncc2)ncc1C(=O)OCC. The third-order valence-corrected chi connectivity index (χ3v) is 5.72. The molecule has 0 radical (unpaired) electrons. The van der Waals surface area contributed by atoms with Gasteiger partial charge in [-0.15, -0.1) is 0 Å². The number of ether oxygens (including phenoxy) is 1. The highest BCUT2D eigenvalue weighted by Crippen LogP contribution is 2.17. The van der Waals surface area contributed by atoms with Crippen molar-refractivity contribution in [2.45, 2.75) is 33.6 Å². The van der Waals surface area contributed by atoms with Gasteiger partial charge in [0.2, 0.25) is 11.9 Å². The van der Waals surface area contributed by atoms with E-state index < -0.39 is 24.0 Å². The van der Waals surface area contributed by atoms with Crippen molar-refractivity contribution in [1.29, 1.82) is 0 Å². The maximum absolute atomic E-state index is 12.0. The maximum Gasteiger partial charge on any atom is 0.343 e. The average molecular weight is 661 g/mol. The van der Waals surface area contributed by atoms with Crippen LogP contribution in [-0.4, -0.2) is 78.7 Å². The molecule has 18 nitrogen and oxygen atoms in total. The Morgan fingerprint density at radius 1 is 0.667 bits per heavy atom. The van der Waals surface area contributed by atoms with Crippen LogP contribution in [-0.2, 0) is 4.74 Å². The molecule has 0 saturated carbocycles. The van der Waals surface area contributed by atoms with Gasteiger partial charge >= 0.3 is 24.0 Å². The van der Waals surface area contributed by atoms with E-state index in [4.69, 9.17) is 9.84 Å². The van der Waals surface area contributed by atoms with Gasteiger partial charge in [0.05, 0.1) is 6.61 Å². The minimum absolute atomic E-state index is 0.000147. The monoisotopic (exact) mass is 660 g/mol. The van der Waals surface area contributed by atoms with E-state index in [1.54, 1.807) is 56.0 Å². The summed E-state index contributed by atoms with van der Waals surface area (Å²) < 4.78 is 4.98. The molecule has 4 heterocycles. The number of carbonyl (C=O) groups excluding carboxylic acids is 3. The number of rotatable bonds is 13. The second-order valence-corrected chi connectivity index (χ2v) is 9.42. The highest BCUT2D eigenvalue weighted by Gasteiger charge is 2.17. The van der Waals surface area contributed by atoms with Gasteiger partial charge in [0.1, 0.15) is 22.8 Å². The molecule has 0 aliphatic heterocycles. The van der Waals surface area contributed by atoms with Gasteiger partial charge in [-0.2, -0.15) is 9.97 Å². The number of esters is 1. The van der Waals surface area contributed by atoms with Gasteiger partial charge in [0.25, 0.3) is 0 Å². The van der Waals surface area contributed by atoms with Crippen molar-refractivity contribution in [3.8, 4) is 0 Å². The van der Waals surface area contributed by atoms with Gasteiger partial charge in [-0.1, -0.05) is 13.8 Å². The molecule has 7 N–H and O–H groups in total. The lowest BCUT2D eigenvalue weighted by Crippen LogP contribution is -2.22. The molecule has 4 amide bonds. The van der Waals surface area contributed by atoms with Crippen LogP contribution in [0.4, 0.5) is 44.5 Å². The minimum atomic E-state index is -1.14. The number of pyridine rings is 2. The molecule has 4 rings (SSSR count). The van der Waals surface area contributed by atoms with Crippen LogP contribution in [0.5, 0.6) is 0 Å². The molecule has 0 bridgehead atoms. The molecule has 4 aromatic rings. The molecule has 0 saturated heterocycles. The number of hydrogen-bond donors (Lipinski definition) is 7. The number of aromatic carboxylic acids is 1. The molecule has 48 heavy (non-hydrogen) atoms. The Bertz CT molecular complexity index is 1660. The van der Waals surface area contributed by atoms with Gasteiger partial charge in [-0.25, -0.2) is 29.1 Å². The molecule has 0 spiro atoms. The fraction of sp³-hybridized carbons (Fsp3) is 0.267. The Balaban J connectivity index is 0.000000261. The van der Waals surface area contributed by atoms with Gasteiger partial charge in [0, 0.05) is 61.6 Å². The third-order valence-electron chi connectivity index (χ3n) is 5.72. The van der Waals surface area contributed by atoms with Crippen LogP contribution in [0.15, 0.2) is 61.4 Å². The zero-order valence-electron chi connectivity index (χ0n) is 26.5. The number of anilines is 6. The van der Waals surface area contributed by atoms with Crippen molar-refractivity contribution in [3.63, 3.8) is 0 Å². The Labute approximate surface area is 275 Å². The molecule has 0 aromatic carbocycles. The van der Waals surface area contributed by atoms with Crippen LogP contribution < -0.4 is 31.9 Å². The van der Waals surface area contributed by atoms with Gasteiger partial charge < -0.3 is 31.1 Å². The third kappa shape index (κ3) is 11.8. The minimum Gasteiger partial charge on any atom is -0.477 e. The lowest BCUT2D eigenvalue weighted by atomic mass is 10.3. The van der Waals surface area contributed by atoms with Crippen molar-refractivity contribution >= 4 is 58.9 Å². The number of carboxylic acid groups (broad SMARTS) is 1. The quantitative estimate of drug-likeness (QED) is 0.0973. The molecular weight excluding hydrogens is 624 g/mol. The topological polar surface area (TPSA) is 247 Å². The van der Waals surface area contributed by atoms with Crippen LogP contribution in [0, 0.1) is 0 Å². The van der Waals surface area contributed by atoms with Crippen LogP contribution in [0.3, 0.4) is 0 Å². The summed E-state index contributed by atoms with van der Waals surface area (Å²) >= 11 is 0. The number of hydrogen-bond acceptors (Lipinski definition) is 13. The molecule has 0 fully saturated rings. The number of amides is 4. The van der Waals surface area contributed by atoms with Crippen molar-refractivity contribution in [3.05, 3.63) is 72.6 Å². The maximum atomic E-state index is 12.0. The van der Waals surface area contributed by atoms with Crippen LogP contribution >= 0.6 is 0 Å². The van der Waals surface area contributed by atoms with Crippen LogP contribution in [0.2, 0.25) is 0 Å². The predicted octanol–water partition coefficient (Wildman–Crippen LogP) is 4.55. The second kappa shape index (κ2) is 19.1. The summed E-state index contributed by atoms with van der Waals surface area (Å²) in [6.45, 7) is 7.07. The summed E-state index contributed by atoms with van der Waals surface area (Å²) in [6.07, 6.45) is 10.3. The van der Waals surface area contributed by atoms with E-state index in [1.165, 1.54) is 6.20 Å². The molecule has 0 aliphatic carbocycles. The van der Waals surface area contributed by atoms with Gasteiger partial charge in [-0.05, 0) is 44.0 Å². The van der Waals surface area contributed by atoms with E-state index in [0.29, 0.717) is 30.3 Å². The summed E-state index contributed by atoms with van der Waals surface area (Å²) in [5.74, 6) is -1.12. The molecule has 18 heteroatoms. The van der Waals surface area contributed by atoms with E-state index in [-0.39, 0.29) is 35.4 Å². The van der Waals surface area contributed by atoms with E-state index in [0.717, 1.165) is 19.0 Å². The highest BCUT2D eigenvalue weighted by atomic mass is 16.5. The predicted molar refractivity (Wildman–Crippen MR) is 178 cm³/mol. The molecular formula is C30H36N12O6. The fourth-order valence-corrected chi connectivity index (χ4v) is 3.55.